The van der Waals surface area contributed by atoms with Crippen molar-refractivity contribution in [3.63, 3.8) is 0 Å². The Labute approximate surface area is 119 Å². The second-order valence-electron chi connectivity index (χ2n) is 4.07. The van der Waals surface area contributed by atoms with Gasteiger partial charge in [0.2, 0.25) is 0 Å². The third-order valence-corrected chi connectivity index (χ3v) is 3.36. The van der Waals surface area contributed by atoms with Gasteiger partial charge in [-0.3, -0.25) is 9.78 Å². The molecule has 0 radical (unpaired) electrons. The van der Waals surface area contributed by atoms with Crippen molar-refractivity contribution in [1.29, 1.82) is 0 Å². The van der Waals surface area contributed by atoms with Gasteiger partial charge in [0.05, 0.1) is 11.7 Å². The first-order chi connectivity index (χ1) is 9.56. The number of amides is 1. The molecular formula is C14H12N2O3S. The van der Waals surface area contributed by atoms with E-state index in [1.807, 2.05) is 13.0 Å². The summed E-state index contributed by atoms with van der Waals surface area (Å²) in [5.74, 6) is -1.24. The van der Waals surface area contributed by atoms with Crippen molar-refractivity contribution in [2.24, 2.45) is 0 Å². The minimum atomic E-state index is -1.01. The van der Waals surface area contributed by atoms with Gasteiger partial charge in [-0.25, -0.2) is 4.79 Å². The fraction of sp³-hybridized carbons (Fsp3) is 0.0714. The molecule has 2 rings (SSSR count). The number of carboxylic acid groups (broad SMARTS) is 1. The van der Waals surface area contributed by atoms with Crippen LogP contribution < -0.4 is 5.32 Å². The van der Waals surface area contributed by atoms with Crippen molar-refractivity contribution in [3.8, 4) is 0 Å². The number of carbonyl (C=O) groups is 2. The monoisotopic (exact) mass is 288 g/mol. The smallest absolute Gasteiger partial charge is 0.328 e. The first-order valence-corrected chi connectivity index (χ1v) is 6.66. The Kier molecular flexibility index (Phi) is 4.27. The maximum Gasteiger partial charge on any atom is 0.328 e. The van der Waals surface area contributed by atoms with Crippen LogP contribution >= 0.6 is 11.3 Å². The Morgan fingerprint density at radius 3 is 2.85 bits per heavy atom. The van der Waals surface area contributed by atoms with E-state index in [-0.39, 0.29) is 5.91 Å². The molecule has 2 aromatic rings. The lowest BCUT2D eigenvalue weighted by Gasteiger charge is -2.08. The first kappa shape index (κ1) is 14.0. The third kappa shape index (κ3) is 3.52. The second-order valence-corrected chi connectivity index (χ2v) is 4.95. The second kappa shape index (κ2) is 6.12. The number of nitrogens with one attached hydrogen (secondary N) is 1. The van der Waals surface area contributed by atoms with Crippen LogP contribution in [0.15, 0.2) is 36.0 Å². The number of carboxylic acids is 1. The lowest BCUT2D eigenvalue weighted by atomic mass is 10.1. The SMILES string of the molecule is Cc1ccc(/C=C/C(=O)O)cc1NC(=O)c1cncs1. The van der Waals surface area contributed by atoms with Gasteiger partial charge in [0, 0.05) is 11.8 Å². The molecule has 1 heterocycles. The fourth-order valence-corrected chi connectivity index (χ4v) is 2.07. The molecule has 2 N–H and O–H groups in total. The molecule has 1 aromatic carbocycles. The highest BCUT2D eigenvalue weighted by molar-refractivity contribution is 7.11. The summed E-state index contributed by atoms with van der Waals surface area (Å²) in [6, 6.07) is 5.34. The van der Waals surface area contributed by atoms with Crippen LogP contribution in [0, 0.1) is 6.92 Å². The van der Waals surface area contributed by atoms with Crippen molar-refractivity contribution in [2.75, 3.05) is 5.32 Å². The van der Waals surface area contributed by atoms with E-state index in [0.717, 1.165) is 11.6 Å². The van der Waals surface area contributed by atoms with E-state index in [0.29, 0.717) is 16.1 Å². The molecule has 20 heavy (non-hydrogen) atoms. The van der Waals surface area contributed by atoms with Gasteiger partial charge in [-0.05, 0) is 30.2 Å². The largest absolute Gasteiger partial charge is 0.478 e. The van der Waals surface area contributed by atoms with Gasteiger partial charge < -0.3 is 10.4 Å². The molecule has 6 heteroatoms. The van der Waals surface area contributed by atoms with E-state index in [2.05, 4.69) is 10.3 Å². The number of aromatic nitrogens is 1. The molecule has 102 valence electrons. The Hall–Kier alpha value is -2.47. The molecule has 0 spiro atoms. The van der Waals surface area contributed by atoms with Crippen LogP contribution in [0.5, 0.6) is 0 Å². The summed E-state index contributed by atoms with van der Waals surface area (Å²) in [5, 5.41) is 11.4. The Balaban J connectivity index is 2.20. The Bertz CT molecular complexity index is 663. The minimum Gasteiger partial charge on any atom is -0.478 e. The van der Waals surface area contributed by atoms with E-state index in [4.69, 9.17) is 5.11 Å². The summed E-state index contributed by atoms with van der Waals surface area (Å²) in [7, 11) is 0. The summed E-state index contributed by atoms with van der Waals surface area (Å²) in [6.45, 7) is 1.87. The topological polar surface area (TPSA) is 79.3 Å². The maximum absolute atomic E-state index is 12.0. The molecule has 0 atom stereocenters. The molecular weight excluding hydrogens is 276 g/mol. The van der Waals surface area contributed by atoms with Crippen molar-refractivity contribution < 1.29 is 14.7 Å². The zero-order chi connectivity index (χ0) is 14.5. The van der Waals surface area contributed by atoms with Crippen LogP contribution in [-0.4, -0.2) is 22.0 Å². The molecule has 5 nitrogen and oxygen atoms in total. The number of hydrogen-bond acceptors (Lipinski definition) is 4. The number of anilines is 1. The molecule has 0 saturated carbocycles. The van der Waals surface area contributed by atoms with E-state index >= 15 is 0 Å². The van der Waals surface area contributed by atoms with Crippen LogP contribution in [0.25, 0.3) is 6.08 Å². The van der Waals surface area contributed by atoms with Crippen molar-refractivity contribution in [3.05, 3.63) is 52.0 Å². The van der Waals surface area contributed by atoms with Gasteiger partial charge in [-0.2, -0.15) is 0 Å². The quantitative estimate of drug-likeness (QED) is 0.848. The first-order valence-electron chi connectivity index (χ1n) is 5.78. The predicted molar refractivity (Wildman–Crippen MR) is 77.9 cm³/mol. The summed E-state index contributed by atoms with van der Waals surface area (Å²) in [5.41, 5.74) is 3.84. The lowest BCUT2D eigenvalue weighted by molar-refractivity contribution is -0.131. The predicted octanol–water partition coefficient (Wildman–Crippen LogP) is 2.80. The lowest BCUT2D eigenvalue weighted by Crippen LogP contribution is -2.11. The average molecular weight is 288 g/mol. The normalized spacial score (nSPS) is 10.7. The summed E-state index contributed by atoms with van der Waals surface area (Å²) < 4.78 is 0. The van der Waals surface area contributed by atoms with Crippen LogP contribution in [0.1, 0.15) is 20.8 Å². The zero-order valence-corrected chi connectivity index (χ0v) is 11.5. The molecule has 0 aliphatic carbocycles. The van der Waals surface area contributed by atoms with Gasteiger partial charge >= 0.3 is 5.97 Å². The van der Waals surface area contributed by atoms with E-state index in [1.165, 1.54) is 23.6 Å². The number of carbonyl (C=O) groups excluding carboxylic acids is 1. The number of rotatable bonds is 4. The standard InChI is InChI=1S/C14H12N2O3S/c1-9-2-3-10(4-5-13(17)18)6-11(9)16-14(19)12-7-15-8-20-12/h2-8H,1H3,(H,16,19)(H,17,18)/b5-4+. The number of benzene rings is 1. The third-order valence-electron chi connectivity index (χ3n) is 2.58. The molecule has 0 saturated heterocycles. The van der Waals surface area contributed by atoms with Crippen LogP contribution in [0.3, 0.4) is 0 Å². The summed E-state index contributed by atoms with van der Waals surface area (Å²) >= 11 is 1.26. The Morgan fingerprint density at radius 2 is 2.20 bits per heavy atom. The van der Waals surface area contributed by atoms with Crippen molar-refractivity contribution in [1.82, 2.24) is 4.98 Å². The molecule has 0 unspecified atom stereocenters. The average Bonchev–Trinajstić information content (AvgIpc) is 2.93. The van der Waals surface area contributed by atoms with Crippen LogP contribution in [0.4, 0.5) is 5.69 Å². The highest BCUT2D eigenvalue weighted by Gasteiger charge is 2.09. The van der Waals surface area contributed by atoms with Crippen LogP contribution in [0.2, 0.25) is 0 Å². The van der Waals surface area contributed by atoms with Gasteiger partial charge in [-0.15, -0.1) is 11.3 Å². The van der Waals surface area contributed by atoms with Gasteiger partial charge in [-0.1, -0.05) is 12.1 Å². The molecule has 1 aromatic heterocycles. The maximum atomic E-state index is 12.0. The van der Waals surface area contributed by atoms with E-state index < -0.39 is 5.97 Å². The molecule has 0 fully saturated rings. The minimum absolute atomic E-state index is 0.227. The number of hydrogen-bond donors (Lipinski definition) is 2. The van der Waals surface area contributed by atoms with Crippen molar-refractivity contribution in [2.45, 2.75) is 6.92 Å². The number of nitrogens with zero attached hydrogens (tertiary/aromatic N) is 1. The number of aliphatic carboxylic acids is 1. The fourth-order valence-electron chi connectivity index (χ4n) is 1.56. The van der Waals surface area contributed by atoms with Crippen LogP contribution in [-0.2, 0) is 4.79 Å². The van der Waals surface area contributed by atoms with E-state index in [9.17, 15) is 9.59 Å². The zero-order valence-electron chi connectivity index (χ0n) is 10.7. The van der Waals surface area contributed by atoms with Gasteiger partial charge in [0.1, 0.15) is 4.88 Å². The van der Waals surface area contributed by atoms with Gasteiger partial charge in [0.25, 0.3) is 5.91 Å². The molecule has 0 bridgehead atoms. The molecule has 1 amide bonds. The highest BCUT2D eigenvalue weighted by atomic mass is 32.1. The number of aryl methyl sites for hydroxylation is 1. The van der Waals surface area contributed by atoms with E-state index in [1.54, 1.807) is 17.6 Å². The summed E-state index contributed by atoms with van der Waals surface area (Å²) in [4.78, 5) is 26.8. The highest BCUT2D eigenvalue weighted by Crippen LogP contribution is 2.19. The van der Waals surface area contributed by atoms with Crippen molar-refractivity contribution >= 4 is 35.0 Å². The Morgan fingerprint density at radius 1 is 1.40 bits per heavy atom. The van der Waals surface area contributed by atoms with Gasteiger partial charge in [0.15, 0.2) is 0 Å². The molecule has 0 aliphatic heterocycles. The number of thiazole rings is 1. The molecule has 0 aliphatic rings. The summed E-state index contributed by atoms with van der Waals surface area (Å²) in [6.07, 6.45) is 4.03.